The molecule has 4 rings (SSSR count). The molecule has 36 heavy (non-hydrogen) atoms. The quantitative estimate of drug-likeness (QED) is 0.395. The highest BCUT2D eigenvalue weighted by atomic mass is 79.9. The van der Waals surface area contributed by atoms with Crippen molar-refractivity contribution in [2.45, 2.75) is 75.7 Å². The van der Waals surface area contributed by atoms with Crippen molar-refractivity contribution in [1.82, 2.24) is 10.2 Å². The molecule has 1 spiro atoms. The number of amides is 3. The zero-order valence-electron chi connectivity index (χ0n) is 21.4. The first-order valence-electron chi connectivity index (χ1n) is 12.6. The molecule has 0 radical (unpaired) electrons. The van der Waals surface area contributed by atoms with Crippen molar-refractivity contribution in [2.75, 3.05) is 18.5 Å². The summed E-state index contributed by atoms with van der Waals surface area (Å²) in [6, 6.07) is 5.38. The third kappa shape index (κ3) is 4.41. The number of hydrogen-bond donors (Lipinski definition) is 3. The van der Waals surface area contributed by atoms with Gasteiger partial charge in [-0.3, -0.25) is 14.4 Å². The van der Waals surface area contributed by atoms with Gasteiger partial charge in [-0.2, -0.15) is 0 Å². The summed E-state index contributed by atoms with van der Waals surface area (Å²) < 4.78 is 11.9. The average Bonchev–Trinajstić information content (AvgIpc) is 3.39. The minimum absolute atomic E-state index is 0.100. The molecule has 3 saturated heterocycles. The first-order valence-corrected chi connectivity index (χ1v) is 13.6. The van der Waals surface area contributed by atoms with Crippen LogP contribution in [0.2, 0.25) is 0 Å². The van der Waals surface area contributed by atoms with Crippen molar-refractivity contribution in [3.8, 4) is 5.75 Å². The molecule has 198 valence electrons. The topological polar surface area (TPSA) is 117 Å². The van der Waals surface area contributed by atoms with Gasteiger partial charge in [-0.25, -0.2) is 0 Å². The SMILES string of the molecule is CCOc1ccc(NC(=O)[C@H]2[C@H]3C(=O)N([C@@H](CO)C(C)C)C(C(=O)NC(C)C)C34CC(Br)[C@@H]2O4)cc1. The van der Waals surface area contributed by atoms with Crippen molar-refractivity contribution in [3.05, 3.63) is 24.3 Å². The molecule has 0 aromatic heterocycles. The second-order valence-corrected chi connectivity index (χ2v) is 11.7. The van der Waals surface area contributed by atoms with Crippen molar-refractivity contribution >= 4 is 39.3 Å². The molecular formula is C26H36BrN3O6. The summed E-state index contributed by atoms with van der Waals surface area (Å²) in [4.78, 5) is 42.5. The van der Waals surface area contributed by atoms with Gasteiger partial charge in [0.15, 0.2) is 0 Å². The third-order valence-corrected chi connectivity index (χ3v) is 8.30. The van der Waals surface area contributed by atoms with Crippen LogP contribution in [0, 0.1) is 17.8 Å². The number of alkyl halides is 1. The number of hydrogen-bond acceptors (Lipinski definition) is 6. The summed E-state index contributed by atoms with van der Waals surface area (Å²) >= 11 is 3.67. The van der Waals surface area contributed by atoms with Gasteiger partial charge in [-0.15, -0.1) is 0 Å². The number of benzene rings is 1. The Kier molecular flexibility index (Phi) is 7.69. The fraction of sp³-hybridized carbons (Fsp3) is 0.654. The van der Waals surface area contributed by atoms with Crippen LogP contribution in [-0.2, 0) is 19.1 Å². The highest BCUT2D eigenvalue weighted by Gasteiger charge is 2.77. The molecule has 0 saturated carbocycles. The minimum Gasteiger partial charge on any atom is -0.494 e. The highest BCUT2D eigenvalue weighted by molar-refractivity contribution is 9.09. The summed E-state index contributed by atoms with van der Waals surface area (Å²) in [6.45, 7) is 9.66. The van der Waals surface area contributed by atoms with Gasteiger partial charge in [0.1, 0.15) is 17.4 Å². The van der Waals surface area contributed by atoms with Crippen LogP contribution < -0.4 is 15.4 Å². The lowest BCUT2D eigenvalue weighted by atomic mass is 9.70. The first-order chi connectivity index (χ1) is 17.0. The van der Waals surface area contributed by atoms with E-state index in [9.17, 15) is 19.5 Å². The Balaban J connectivity index is 1.69. The first kappa shape index (κ1) is 26.9. The van der Waals surface area contributed by atoms with Gasteiger partial charge in [-0.05, 0) is 57.4 Å². The van der Waals surface area contributed by atoms with Crippen LogP contribution in [0.15, 0.2) is 24.3 Å². The van der Waals surface area contributed by atoms with Crippen molar-refractivity contribution in [1.29, 1.82) is 0 Å². The van der Waals surface area contributed by atoms with Crippen LogP contribution in [0.5, 0.6) is 5.75 Å². The maximum Gasteiger partial charge on any atom is 0.246 e. The van der Waals surface area contributed by atoms with Gasteiger partial charge >= 0.3 is 0 Å². The predicted octanol–water partition coefficient (Wildman–Crippen LogP) is 2.31. The van der Waals surface area contributed by atoms with E-state index in [1.807, 2.05) is 34.6 Å². The Morgan fingerprint density at radius 1 is 1.22 bits per heavy atom. The van der Waals surface area contributed by atoms with E-state index in [1.54, 1.807) is 24.3 Å². The van der Waals surface area contributed by atoms with Crippen LogP contribution >= 0.6 is 15.9 Å². The normalized spacial score (nSPS) is 31.6. The van der Waals surface area contributed by atoms with Crippen LogP contribution in [-0.4, -0.2) is 75.6 Å². The highest BCUT2D eigenvalue weighted by Crippen LogP contribution is 2.60. The van der Waals surface area contributed by atoms with Crippen LogP contribution in [0.3, 0.4) is 0 Å². The fourth-order valence-corrected chi connectivity index (χ4v) is 6.98. The van der Waals surface area contributed by atoms with E-state index < -0.39 is 35.6 Å². The van der Waals surface area contributed by atoms with E-state index in [0.29, 0.717) is 24.5 Å². The fourth-order valence-electron chi connectivity index (χ4n) is 6.03. The monoisotopic (exact) mass is 565 g/mol. The van der Waals surface area contributed by atoms with Gasteiger partial charge in [0, 0.05) is 16.6 Å². The van der Waals surface area contributed by atoms with Gasteiger partial charge < -0.3 is 30.1 Å². The molecule has 7 atom stereocenters. The predicted molar refractivity (Wildman–Crippen MR) is 138 cm³/mol. The Morgan fingerprint density at radius 2 is 1.89 bits per heavy atom. The maximum absolute atomic E-state index is 14.0. The van der Waals surface area contributed by atoms with E-state index in [-0.39, 0.29) is 41.1 Å². The number of likely N-dealkylation sites (tertiary alicyclic amines) is 1. The van der Waals surface area contributed by atoms with E-state index in [0.717, 1.165) is 0 Å². The lowest BCUT2D eigenvalue weighted by molar-refractivity contribution is -0.146. The standard InChI is InChI=1S/C26H36BrN3O6/c1-6-35-16-9-7-15(8-10-16)29-23(32)19-20-25(34)30(18(12-31)13(2)3)22(24(33)28-14(4)5)26(20)11-17(27)21(19)36-26/h7-10,13-14,17-22,31H,6,11-12H2,1-5H3,(H,28,33)(H,29,32)/t17?,18-,19-,20-,21-,22?,26?/m0/s1. The number of nitrogens with zero attached hydrogens (tertiary/aromatic N) is 1. The minimum atomic E-state index is -1.15. The molecular weight excluding hydrogens is 530 g/mol. The molecule has 3 amide bonds. The summed E-state index contributed by atoms with van der Waals surface area (Å²) in [5, 5.41) is 16.1. The van der Waals surface area contributed by atoms with Crippen LogP contribution in [0.25, 0.3) is 0 Å². The number of carbonyl (C=O) groups excluding carboxylic acids is 3. The molecule has 3 aliphatic heterocycles. The smallest absolute Gasteiger partial charge is 0.246 e. The van der Waals surface area contributed by atoms with Crippen molar-refractivity contribution in [2.24, 2.45) is 17.8 Å². The molecule has 3 heterocycles. The summed E-state index contributed by atoms with van der Waals surface area (Å²) in [5.41, 5.74) is -0.573. The van der Waals surface area contributed by atoms with Gasteiger partial charge in [0.2, 0.25) is 17.7 Å². The number of carbonyl (C=O) groups is 3. The molecule has 3 N–H and O–H groups in total. The number of halogens is 1. The number of aliphatic hydroxyl groups excluding tert-OH is 1. The van der Waals surface area contributed by atoms with Gasteiger partial charge in [0.25, 0.3) is 0 Å². The van der Waals surface area contributed by atoms with E-state index in [1.165, 1.54) is 4.90 Å². The molecule has 0 aliphatic carbocycles. The maximum atomic E-state index is 14.0. The number of anilines is 1. The zero-order valence-corrected chi connectivity index (χ0v) is 22.9. The number of ether oxygens (including phenoxy) is 2. The second kappa shape index (κ2) is 10.3. The molecule has 1 aromatic rings. The van der Waals surface area contributed by atoms with E-state index in [2.05, 4.69) is 26.6 Å². The Bertz CT molecular complexity index is 1000. The molecule has 9 nitrogen and oxygen atoms in total. The average molecular weight is 566 g/mol. The Morgan fingerprint density at radius 3 is 2.44 bits per heavy atom. The van der Waals surface area contributed by atoms with Crippen molar-refractivity contribution in [3.63, 3.8) is 0 Å². The summed E-state index contributed by atoms with van der Waals surface area (Å²) in [7, 11) is 0. The van der Waals surface area contributed by atoms with Crippen LogP contribution in [0.4, 0.5) is 5.69 Å². The van der Waals surface area contributed by atoms with Gasteiger partial charge in [-0.1, -0.05) is 29.8 Å². The van der Waals surface area contributed by atoms with E-state index in [4.69, 9.17) is 9.47 Å². The van der Waals surface area contributed by atoms with Crippen LogP contribution in [0.1, 0.15) is 41.0 Å². The van der Waals surface area contributed by atoms with Gasteiger partial charge in [0.05, 0.1) is 37.2 Å². The summed E-state index contributed by atoms with van der Waals surface area (Å²) in [5.74, 6) is -1.99. The number of rotatable bonds is 9. The Labute approximate surface area is 220 Å². The Hall–Kier alpha value is -2.17. The number of fused-ring (bicyclic) bond motifs is 1. The molecule has 3 fully saturated rings. The van der Waals surface area contributed by atoms with E-state index >= 15 is 0 Å². The molecule has 10 heteroatoms. The zero-order chi connectivity index (χ0) is 26.4. The van der Waals surface area contributed by atoms with Crippen molar-refractivity contribution < 1.29 is 29.0 Å². The molecule has 3 aliphatic rings. The number of nitrogens with one attached hydrogen (secondary N) is 2. The largest absolute Gasteiger partial charge is 0.494 e. The number of aliphatic hydroxyl groups is 1. The summed E-state index contributed by atoms with van der Waals surface area (Å²) in [6.07, 6.45) is -0.131. The third-order valence-electron chi connectivity index (χ3n) is 7.46. The molecule has 3 unspecified atom stereocenters. The second-order valence-electron chi connectivity index (χ2n) is 10.5. The molecule has 1 aromatic carbocycles. The lowest BCUT2D eigenvalue weighted by Gasteiger charge is -2.38. The lowest BCUT2D eigenvalue weighted by Crippen LogP contribution is -2.59. The molecule has 2 bridgehead atoms.